The number of carbonyl (C=O) groups excluding carboxylic acids is 2. The second kappa shape index (κ2) is 13.1. The summed E-state index contributed by atoms with van der Waals surface area (Å²) in [6.45, 7) is 7.81. The third-order valence-electron chi connectivity index (χ3n) is 8.22. The lowest BCUT2D eigenvalue weighted by Gasteiger charge is -2.11. The summed E-state index contributed by atoms with van der Waals surface area (Å²) in [5.41, 5.74) is 7.34. The molecule has 0 saturated carbocycles. The van der Waals surface area contributed by atoms with E-state index in [4.69, 9.17) is 16.0 Å². The van der Waals surface area contributed by atoms with E-state index < -0.39 is 11.9 Å². The van der Waals surface area contributed by atoms with Gasteiger partial charge in [-0.2, -0.15) is 10.5 Å². The molecule has 8 heteroatoms. The highest BCUT2D eigenvalue weighted by molar-refractivity contribution is 6.11. The van der Waals surface area contributed by atoms with Crippen molar-refractivity contribution in [1.82, 2.24) is 0 Å². The lowest BCUT2D eigenvalue weighted by molar-refractivity contribution is 0.0479. The van der Waals surface area contributed by atoms with Gasteiger partial charge in [0.25, 0.3) is 5.70 Å². The van der Waals surface area contributed by atoms with Crippen LogP contribution in [-0.2, 0) is 9.47 Å². The van der Waals surface area contributed by atoms with E-state index in [1.165, 1.54) is 0 Å². The van der Waals surface area contributed by atoms with Gasteiger partial charge in [0.05, 0.1) is 37.0 Å². The molecule has 0 atom stereocenters. The van der Waals surface area contributed by atoms with Crippen molar-refractivity contribution < 1.29 is 19.1 Å². The molecule has 0 amide bonds. The van der Waals surface area contributed by atoms with Gasteiger partial charge in [0.1, 0.15) is 17.7 Å². The van der Waals surface area contributed by atoms with Crippen molar-refractivity contribution in [2.24, 2.45) is 0 Å². The van der Waals surface area contributed by atoms with Gasteiger partial charge in [-0.1, -0.05) is 72.8 Å². The first-order chi connectivity index (χ1) is 23.0. The van der Waals surface area contributed by atoms with Crippen molar-refractivity contribution in [2.75, 3.05) is 13.2 Å². The zero-order chi connectivity index (χ0) is 32.9. The number of nitriles is 3. The van der Waals surface area contributed by atoms with E-state index in [0.29, 0.717) is 63.8 Å². The zero-order valence-electron chi connectivity index (χ0n) is 25.0. The third-order valence-corrected chi connectivity index (χ3v) is 8.22. The maximum atomic E-state index is 13.2. The van der Waals surface area contributed by atoms with Gasteiger partial charge in [0.15, 0.2) is 0 Å². The first-order valence-electron chi connectivity index (χ1n) is 14.9. The predicted molar refractivity (Wildman–Crippen MR) is 174 cm³/mol. The van der Waals surface area contributed by atoms with E-state index in [1.807, 2.05) is 66.7 Å². The third kappa shape index (κ3) is 5.32. The molecule has 0 saturated heterocycles. The standard InChI is InChI=1S/C39H24N4O4/c1-43-33(23-42)37-28-14-6-5-13-27(28)36-30(37)16-10-18-32(36)39(45)47-20-8-2-7-19-46-38(44)31-17-9-15-29-34(24(21-40)22-41)25-11-3-4-12-26(25)35(29)31/h3-6,9-18H,2,7-8,19-20H2/b37-33+. The van der Waals surface area contributed by atoms with Crippen molar-refractivity contribution in [1.29, 1.82) is 15.8 Å². The fourth-order valence-electron chi connectivity index (χ4n) is 6.23. The van der Waals surface area contributed by atoms with Crippen LogP contribution in [0.1, 0.15) is 62.2 Å². The number of hydrogen-bond acceptors (Lipinski definition) is 7. The van der Waals surface area contributed by atoms with Crippen molar-refractivity contribution in [3.05, 3.63) is 141 Å². The van der Waals surface area contributed by atoms with E-state index in [1.54, 1.807) is 36.4 Å². The Kier molecular flexibility index (Phi) is 8.44. The lowest BCUT2D eigenvalue weighted by atomic mass is 9.97. The van der Waals surface area contributed by atoms with Crippen molar-refractivity contribution in [3.8, 4) is 40.5 Å². The Morgan fingerprint density at radius 1 is 0.574 bits per heavy atom. The van der Waals surface area contributed by atoms with E-state index in [-0.39, 0.29) is 24.5 Å². The number of esters is 2. The summed E-state index contributed by atoms with van der Waals surface area (Å²) in [6, 6.07) is 31.1. The van der Waals surface area contributed by atoms with Crippen LogP contribution in [0.2, 0.25) is 0 Å². The largest absolute Gasteiger partial charge is 0.462 e. The molecule has 0 radical (unpaired) electrons. The van der Waals surface area contributed by atoms with Crippen LogP contribution >= 0.6 is 0 Å². The number of nitrogens with zero attached hydrogens (tertiary/aromatic N) is 4. The zero-order valence-corrected chi connectivity index (χ0v) is 25.0. The van der Waals surface area contributed by atoms with Gasteiger partial charge in [0.2, 0.25) is 0 Å². The lowest BCUT2D eigenvalue weighted by Crippen LogP contribution is -2.10. The molecule has 2 aliphatic carbocycles. The number of rotatable bonds is 8. The van der Waals surface area contributed by atoms with Gasteiger partial charge in [0, 0.05) is 22.3 Å². The van der Waals surface area contributed by atoms with Crippen molar-refractivity contribution in [3.63, 3.8) is 0 Å². The SMILES string of the molecule is [C-]#[N+]/C(C#N)=C1\c2ccccc2-c2c(C(=O)OCCCCCOC(=O)c3cccc4c3-c3ccccc3C4=C(C#N)C#N)cccc21. The minimum absolute atomic E-state index is 0.0151. The van der Waals surface area contributed by atoms with E-state index >= 15 is 0 Å². The summed E-state index contributed by atoms with van der Waals surface area (Å²) >= 11 is 0. The minimum atomic E-state index is -0.496. The van der Waals surface area contributed by atoms with Gasteiger partial charge >= 0.3 is 11.9 Å². The second-order valence-corrected chi connectivity index (χ2v) is 10.8. The topological polar surface area (TPSA) is 128 Å². The first kappa shape index (κ1) is 30.3. The Bertz CT molecular complexity index is 2030. The van der Waals surface area contributed by atoms with Crippen LogP contribution in [0.5, 0.6) is 0 Å². The quantitative estimate of drug-likeness (QED) is 0.0740. The number of hydrogen-bond donors (Lipinski definition) is 0. The average molecular weight is 613 g/mol. The van der Waals surface area contributed by atoms with Crippen LogP contribution in [0, 0.1) is 40.6 Å². The smallest absolute Gasteiger partial charge is 0.338 e. The Balaban J connectivity index is 1.07. The molecule has 2 aliphatic rings. The molecule has 4 aromatic rings. The molecular weight excluding hydrogens is 588 g/mol. The fourth-order valence-corrected chi connectivity index (χ4v) is 6.23. The van der Waals surface area contributed by atoms with Crippen LogP contribution in [0.25, 0.3) is 38.2 Å². The fraction of sp³-hybridized carbons (Fsp3) is 0.128. The minimum Gasteiger partial charge on any atom is -0.462 e. The van der Waals surface area contributed by atoms with Crippen LogP contribution < -0.4 is 0 Å². The average Bonchev–Trinajstić information content (AvgIpc) is 3.62. The van der Waals surface area contributed by atoms with Crippen molar-refractivity contribution in [2.45, 2.75) is 19.3 Å². The highest BCUT2D eigenvalue weighted by atomic mass is 16.5. The first-order valence-corrected chi connectivity index (χ1v) is 14.9. The van der Waals surface area contributed by atoms with Crippen LogP contribution in [-0.4, -0.2) is 25.2 Å². The molecular formula is C39H24N4O4. The van der Waals surface area contributed by atoms with Crippen LogP contribution in [0.3, 0.4) is 0 Å². The number of unbranched alkanes of at least 4 members (excludes halogenated alkanes) is 2. The molecule has 0 heterocycles. The number of benzene rings is 4. The Morgan fingerprint density at radius 3 is 1.49 bits per heavy atom. The number of carbonyl (C=O) groups is 2. The molecule has 0 N–H and O–H groups in total. The van der Waals surface area contributed by atoms with Gasteiger partial charge < -0.3 is 9.47 Å². The summed E-state index contributed by atoms with van der Waals surface area (Å²) < 4.78 is 11.2. The molecule has 0 aliphatic heterocycles. The molecule has 0 fully saturated rings. The van der Waals surface area contributed by atoms with E-state index in [0.717, 1.165) is 22.3 Å². The molecule has 0 aromatic heterocycles. The number of ether oxygens (including phenoxy) is 2. The molecule has 0 bridgehead atoms. The normalized spacial score (nSPS) is 12.6. The van der Waals surface area contributed by atoms with Gasteiger partial charge in [-0.25, -0.2) is 19.7 Å². The predicted octanol–water partition coefficient (Wildman–Crippen LogP) is 7.88. The summed E-state index contributed by atoms with van der Waals surface area (Å²) in [7, 11) is 0. The van der Waals surface area contributed by atoms with Gasteiger partial charge in [-0.3, -0.25) is 0 Å². The van der Waals surface area contributed by atoms with Crippen LogP contribution in [0.15, 0.2) is 96.2 Å². The van der Waals surface area contributed by atoms with E-state index in [9.17, 15) is 25.4 Å². The van der Waals surface area contributed by atoms with Crippen molar-refractivity contribution >= 4 is 23.1 Å². The summed E-state index contributed by atoms with van der Waals surface area (Å²) in [4.78, 5) is 29.8. The number of allylic oxidation sites excluding steroid dienone is 2. The highest BCUT2D eigenvalue weighted by Crippen LogP contribution is 2.48. The van der Waals surface area contributed by atoms with Gasteiger partial charge in [-0.15, -0.1) is 0 Å². The maximum Gasteiger partial charge on any atom is 0.338 e. The molecule has 224 valence electrons. The molecule has 6 rings (SSSR count). The monoisotopic (exact) mass is 612 g/mol. The molecule has 4 aromatic carbocycles. The summed E-state index contributed by atoms with van der Waals surface area (Å²) in [6.07, 6.45) is 1.77. The maximum absolute atomic E-state index is 13.2. The summed E-state index contributed by atoms with van der Waals surface area (Å²) in [5, 5.41) is 28.7. The highest BCUT2D eigenvalue weighted by Gasteiger charge is 2.32. The number of fused-ring (bicyclic) bond motifs is 6. The Morgan fingerprint density at radius 2 is 1.02 bits per heavy atom. The molecule has 0 spiro atoms. The Labute approximate surface area is 271 Å². The molecule has 8 nitrogen and oxygen atoms in total. The summed E-state index contributed by atoms with van der Waals surface area (Å²) in [5.74, 6) is -0.988. The molecule has 47 heavy (non-hydrogen) atoms. The molecule has 0 unspecified atom stereocenters. The van der Waals surface area contributed by atoms with Gasteiger partial charge in [-0.05, 0) is 64.8 Å². The Hall–Kier alpha value is -6.74. The van der Waals surface area contributed by atoms with Crippen LogP contribution in [0.4, 0.5) is 0 Å². The van der Waals surface area contributed by atoms with E-state index in [2.05, 4.69) is 4.85 Å². The second-order valence-electron chi connectivity index (χ2n) is 10.8.